The first-order valence-electron chi connectivity index (χ1n) is 8.82. The van der Waals surface area contributed by atoms with Crippen LogP contribution in [0.25, 0.3) is 11.1 Å². The maximum atomic E-state index is 5.98. The van der Waals surface area contributed by atoms with Crippen LogP contribution in [-0.4, -0.2) is 45.4 Å². The van der Waals surface area contributed by atoms with Gasteiger partial charge in [-0.25, -0.2) is 0 Å². The third kappa shape index (κ3) is 7.76. The molecule has 0 amide bonds. The number of para-hydroxylation sites is 1. The normalized spacial score (nSPS) is 11.5. The fourth-order valence-electron chi connectivity index (χ4n) is 2.37. The fourth-order valence-corrected chi connectivity index (χ4v) is 2.37. The van der Waals surface area contributed by atoms with Crippen molar-refractivity contribution in [1.29, 1.82) is 0 Å². The molecule has 0 heterocycles. The molecule has 0 unspecified atom stereocenters. The molecule has 0 radical (unpaired) electrons. The predicted octanol–water partition coefficient (Wildman–Crippen LogP) is 3.94. The van der Waals surface area contributed by atoms with E-state index in [1.807, 2.05) is 50.2 Å². The minimum atomic E-state index is -0.247. The third-order valence-corrected chi connectivity index (χ3v) is 4.08. The Hall–Kier alpha value is -1.80. The van der Waals surface area contributed by atoms with E-state index in [0.29, 0.717) is 19.7 Å². The molecule has 2 aromatic rings. The van der Waals surface area contributed by atoms with Gasteiger partial charge in [0, 0.05) is 26.3 Å². The molecule has 0 atom stereocenters. The molecule has 2 rings (SSSR count). The molecule has 5 nitrogen and oxygen atoms in total. The maximum Gasteiger partial charge on any atom is 0.191 e. The lowest BCUT2D eigenvalue weighted by Gasteiger charge is -2.24. The molecular formula is C21H30IN3O2. The zero-order valence-electron chi connectivity index (χ0n) is 16.5. The Balaban J connectivity index is 0.00000364. The molecule has 0 spiro atoms. The third-order valence-electron chi connectivity index (χ3n) is 4.08. The lowest BCUT2D eigenvalue weighted by Crippen LogP contribution is -2.46. The minimum Gasteiger partial charge on any atom is -0.491 e. The summed E-state index contributed by atoms with van der Waals surface area (Å²) in [5, 5.41) is 6.51. The average Bonchev–Trinajstić information content (AvgIpc) is 2.68. The van der Waals surface area contributed by atoms with Crippen LogP contribution in [0.4, 0.5) is 0 Å². The van der Waals surface area contributed by atoms with E-state index in [0.717, 1.165) is 22.8 Å². The SMILES string of the molecule is CN=C(NCCOc1ccccc1-c1ccccc1)NCC(C)(C)OC.I. The molecule has 0 aliphatic rings. The summed E-state index contributed by atoms with van der Waals surface area (Å²) in [6.45, 7) is 5.91. The van der Waals surface area contributed by atoms with E-state index in [9.17, 15) is 0 Å². The van der Waals surface area contributed by atoms with Crippen molar-refractivity contribution in [2.45, 2.75) is 19.4 Å². The number of methoxy groups -OCH3 is 1. The van der Waals surface area contributed by atoms with Crippen LogP contribution < -0.4 is 15.4 Å². The van der Waals surface area contributed by atoms with E-state index in [4.69, 9.17) is 9.47 Å². The van der Waals surface area contributed by atoms with E-state index in [1.165, 1.54) is 0 Å². The summed E-state index contributed by atoms with van der Waals surface area (Å²) in [7, 11) is 3.45. The Kier molecular flexibility index (Phi) is 10.2. The highest BCUT2D eigenvalue weighted by Gasteiger charge is 2.16. The second kappa shape index (κ2) is 11.8. The van der Waals surface area contributed by atoms with Gasteiger partial charge in [0.2, 0.25) is 0 Å². The fraction of sp³-hybridized carbons (Fsp3) is 0.381. The monoisotopic (exact) mass is 483 g/mol. The first kappa shape index (κ1) is 23.2. The van der Waals surface area contributed by atoms with Gasteiger partial charge in [0.25, 0.3) is 0 Å². The van der Waals surface area contributed by atoms with Gasteiger partial charge in [0.05, 0.1) is 12.1 Å². The van der Waals surface area contributed by atoms with Gasteiger partial charge in [-0.15, -0.1) is 24.0 Å². The Morgan fingerprint density at radius 2 is 1.67 bits per heavy atom. The van der Waals surface area contributed by atoms with Gasteiger partial charge >= 0.3 is 0 Å². The topological polar surface area (TPSA) is 54.9 Å². The summed E-state index contributed by atoms with van der Waals surface area (Å²) >= 11 is 0. The molecular weight excluding hydrogens is 453 g/mol. The van der Waals surface area contributed by atoms with Crippen LogP contribution in [0.5, 0.6) is 5.75 Å². The van der Waals surface area contributed by atoms with Crippen molar-refractivity contribution in [3.63, 3.8) is 0 Å². The number of nitrogens with one attached hydrogen (secondary N) is 2. The minimum absolute atomic E-state index is 0. The number of rotatable bonds is 8. The summed E-state index contributed by atoms with van der Waals surface area (Å²) in [5.74, 6) is 1.61. The number of nitrogens with zero attached hydrogens (tertiary/aromatic N) is 1. The van der Waals surface area contributed by atoms with Crippen LogP contribution in [0, 0.1) is 0 Å². The van der Waals surface area contributed by atoms with Gasteiger partial charge < -0.3 is 20.1 Å². The zero-order valence-corrected chi connectivity index (χ0v) is 18.8. The van der Waals surface area contributed by atoms with Gasteiger partial charge in [0.1, 0.15) is 12.4 Å². The number of guanidine groups is 1. The van der Waals surface area contributed by atoms with Crippen molar-refractivity contribution in [3.05, 3.63) is 54.6 Å². The second-order valence-electron chi connectivity index (χ2n) is 6.53. The number of ether oxygens (including phenoxy) is 2. The van der Waals surface area contributed by atoms with Crippen molar-refractivity contribution in [2.75, 3.05) is 33.9 Å². The average molecular weight is 483 g/mol. The number of benzene rings is 2. The highest BCUT2D eigenvalue weighted by molar-refractivity contribution is 14.0. The molecule has 6 heteroatoms. The second-order valence-corrected chi connectivity index (χ2v) is 6.53. The van der Waals surface area contributed by atoms with E-state index in [-0.39, 0.29) is 29.6 Å². The molecule has 148 valence electrons. The van der Waals surface area contributed by atoms with Gasteiger partial charge in [-0.3, -0.25) is 4.99 Å². The van der Waals surface area contributed by atoms with E-state index in [2.05, 4.69) is 33.8 Å². The summed E-state index contributed by atoms with van der Waals surface area (Å²) in [4.78, 5) is 4.22. The van der Waals surface area contributed by atoms with Crippen LogP contribution in [0.15, 0.2) is 59.6 Å². The summed E-state index contributed by atoms with van der Waals surface area (Å²) < 4.78 is 11.4. The molecule has 0 aliphatic carbocycles. The van der Waals surface area contributed by atoms with Crippen molar-refractivity contribution in [2.24, 2.45) is 4.99 Å². The van der Waals surface area contributed by atoms with Gasteiger partial charge in [-0.2, -0.15) is 0 Å². The zero-order chi connectivity index (χ0) is 18.8. The highest BCUT2D eigenvalue weighted by atomic mass is 127. The highest BCUT2D eigenvalue weighted by Crippen LogP contribution is 2.29. The Morgan fingerprint density at radius 1 is 1.00 bits per heavy atom. The molecule has 0 fully saturated rings. The van der Waals surface area contributed by atoms with Gasteiger partial charge in [0.15, 0.2) is 5.96 Å². The number of halogens is 1. The lowest BCUT2D eigenvalue weighted by atomic mass is 10.1. The van der Waals surface area contributed by atoms with Crippen molar-refractivity contribution >= 4 is 29.9 Å². The molecule has 0 saturated heterocycles. The largest absolute Gasteiger partial charge is 0.491 e. The molecule has 0 aliphatic heterocycles. The molecule has 2 aromatic carbocycles. The Bertz CT molecular complexity index is 706. The number of hydrogen-bond acceptors (Lipinski definition) is 3. The van der Waals surface area contributed by atoms with E-state index in [1.54, 1.807) is 14.2 Å². The smallest absolute Gasteiger partial charge is 0.191 e. The first-order chi connectivity index (χ1) is 12.6. The van der Waals surface area contributed by atoms with Crippen LogP contribution >= 0.6 is 24.0 Å². The Morgan fingerprint density at radius 3 is 2.33 bits per heavy atom. The standard InChI is InChI=1S/C21H29N3O2.HI/c1-21(2,25-4)16-24-20(22-3)23-14-15-26-19-13-9-8-12-18(19)17-10-6-5-7-11-17;/h5-13H,14-16H2,1-4H3,(H2,22,23,24);1H. The van der Waals surface area contributed by atoms with Crippen LogP contribution in [0.1, 0.15) is 13.8 Å². The first-order valence-corrected chi connectivity index (χ1v) is 8.82. The maximum absolute atomic E-state index is 5.98. The lowest BCUT2D eigenvalue weighted by molar-refractivity contribution is 0.0268. The summed E-state index contributed by atoms with van der Waals surface area (Å²) in [5.41, 5.74) is 2.00. The van der Waals surface area contributed by atoms with Crippen LogP contribution in [-0.2, 0) is 4.74 Å². The number of hydrogen-bond donors (Lipinski definition) is 2. The molecule has 2 N–H and O–H groups in total. The Labute approximate surface area is 179 Å². The van der Waals surface area contributed by atoms with Crippen molar-refractivity contribution in [3.8, 4) is 16.9 Å². The van der Waals surface area contributed by atoms with Gasteiger partial charge in [-0.1, -0.05) is 48.5 Å². The van der Waals surface area contributed by atoms with Crippen LogP contribution in [0.2, 0.25) is 0 Å². The molecule has 0 saturated carbocycles. The predicted molar refractivity (Wildman–Crippen MR) is 123 cm³/mol. The summed E-state index contributed by atoms with van der Waals surface area (Å²) in [6, 6.07) is 18.3. The van der Waals surface area contributed by atoms with Gasteiger partial charge in [-0.05, 0) is 25.5 Å². The van der Waals surface area contributed by atoms with Crippen LogP contribution in [0.3, 0.4) is 0 Å². The van der Waals surface area contributed by atoms with E-state index < -0.39 is 0 Å². The summed E-state index contributed by atoms with van der Waals surface area (Å²) in [6.07, 6.45) is 0. The quantitative estimate of drug-likeness (QED) is 0.259. The van der Waals surface area contributed by atoms with Crippen molar-refractivity contribution in [1.82, 2.24) is 10.6 Å². The number of aliphatic imine (C=N–C) groups is 1. The molecule has 27 heavy (non-hydrogen) atoms. The molecule has 0 aromatic heterocycles. The van der Waals surface area contributed by atoms with Crippen molar-refractivity contribution < 1.29 is 9.47 Å². The molecule has 0 bridgehead atoms. The van der Waals surface area contributed by atoms with E-state index >= 15 is 0 Å².